The number of ether oxygens (including phenoxy) is 1. The van der Waals surface area contributed by atoms with Crippen molar-refractivity contribution in [3.63, 3.8) is 0 Å². The molecule has 0 aliphatic heterocycles. The molecule has 0 aliphatic carbocycles. The molecule has 240 valence electrons. The van der Waals surface area contributed by atoms with E-state index < -0.39 is 52.4 Å². The summed E-state index contributed by atoms with van der Waals surface area (Å²) >= 11 is 0. The van der Waals surface area contributed by atoms with Crippen LogP contribution >= 0.6 is 0 Å². The number of hydrogen-bond donors (Lipinski definition) is 4. The molecule has 1 atom stereocenters. The van der Waals surface area contributed by atoms with Crippen molar-refractivity contribution in [2.24, 2.45) is 16.1 Å². The largest absolute Gasteiger partial charge is 0.505 e. The molecule has 0 bridgehead atoms. The minimum Gasteiger partial charge on any atom is -0.505 e. The number of carbonyl (C=O) groups is 1. The van der Waals surface area contributed by atoms with Gasteiger partial charge in [0.05, 0.1) is 10.8 Å². The quantitative estimate of drug-likeness (QED) is 0.0774. The van der Waals surface area contributed by atoms with Gasteiger partial charge in [-0.2, -0.15) is 16.8 Å². The summed E-state index contributed by atoms with van der Waals surface area (Å²) in [5, 5.41) is 23.1. The van der Waals surface area contributed by atoms with Gasteiger partial charge in [-0.25, -0.2) is 0 Å². The van der Waals surface area contributed by atoms with Crippen molar-refractivity contribution >= 4 is 75.4 Å². The molecule has 4 aromatic rings. The van der Waals surface area contributed by atoms with Crippen LogP contribution in [0, 0.1) is 5.92 Å². The molecule has 0 heterocycles. The second-order valence-corrected chi connectivity index (χ2v) is 12.6. The van der Waals surface area contributed by atoms with E-state index in [4.69, 9.17) is 17.4 Å². The molecular formula is C27H27N3O12S3. The second kappa shape index (κ2) is 14.5. The standard InChI is InChI=1S/C27H27N3O9S2.O3S/c1-3-16(2)27(32)39-13-12-28-23-15-19(40(33,34)35)14-18-9-10-21(25(31)24(18)23)29-30-22-11-8-17-6-4-5-7-20(17)26(22)41(36,37)38;1-4(2)3/h4-11,14-16,28,31H,3,12-13H2,1-2H3,(H,33,34,35)(H,36,37,38);. The molecule has 4 aromatic carbocycles. The number of benzene rings is 4. The van der Waals surface area contributed by atoms with E-state index in [-0.39, 0.29) is 52.3 Å². The van der Waals surface area contributed by atoms with Gasteiger partial charge in [-0.15, -0.1) is 22.9 Å². The SMILES string of the molecule is CCC(C)C(=O)OCCNc1cc(S(=O)(=O)O)cc2ccc(N=Nc3ccc4ccccc4c3S(=O)(=O)O)c(O)c12.O=S(=O)=O. The predicted molar refractivity (Wildman–Crippen MR) is 162 cm³/mol. The monoisotopic (exact) mass is 681 g/mol. The smallest absolute Gasteiger partial charge is 0.425 e. The van der Waals surface area contributed by atoms with E-state index in [2.05, 4.69) is 15.5 Å². The fourth-order valence-corrected chi connectivity index (χ4v) is 5.49. The van der Waals surface area contributed by atoms with Crippen LogP contribution in [0.5, 0.6) is 5.75 Å². The lowest BCUT2D eigenvalue weighted by Crippen LogP contribution is -2.18. The minimum atomic E-state index is -4.70. The van der Waals surface area contributed by atoms with E-state index >= 15 is 0 Å². The van der Waals surface area contributed by atoms with Crippen LogP contribution < -0.4 is 5.32 Å². The summed E-state index contributed by atoms with van der Waals surface area (Å²) in [5.41, 5.74) is -0.180. The zero-order valence-corrected chi connectivity index (χ0v) is 26.1. The fourth-order valence-electron chi connectivity index (χ4n) is 4.11. The Morgan fingerprint density at radius 3 is 2.13 bits per heavy atom. The molecule has 15 nitrogen and oxygen atoms in total. The highest BCUT2D eigenvalue weighted by Crippen LogP contribution is 2.42. The van der Waals surface area contributed by atoms with E-state index in [9.17, 15) is 35.8 Å². The Bertz CT molecular complexity index is 2110. The highest BCUT2D eigenvalue weighted by Gasteiger charge is 2.21. The van der Waals surface area contributed by atoms with Crippen LogP contribution in [0.1, 0.15) is 20.3 Å². The lowest BCUT2D eigenvalue weighted by Gasteiger charge is -2.15. The Morgan fingerprint density at radius 1 is 0.911 bits per heavy atom. The minimum absolute atomic E-state index is 0.0478. The van der Waals surface area contributed by atoms with Crippen molar-refractivity contribution in [1.82, 2.24) is 0 Å². The van der Waals surface area contributed by atoms with Crippen molar-refractivity contribution in [2.75, 3.05) is 18.5 Å². The number of nitrogens with one attached hydrogen (secondary N) is 1. The second-order valence-electron chi connectivity index (χ2n) is 9.40. The first-order valence-electron chi connectivity index (χ1n) is 12.9. The van der Waals surface area contributed by atoms with Crippen LogP contribution in [-0.4, -0.2) is 62.8 Å². The van der Waals surface area contributed by atoms with E-state index in [0.717, 1.165) is 12.1 Å². The molecule has 4 N–H and O–H groups in total. The van der Waals surface area contributed by atoms with Crippen molar-refractivity contribution in [3.05, 3.63) is 60.7 Å². The highest BCUT2D eigenvalue weighted by atomic mass is 32.2. The van der Waals surface area contributed by atoms with Gasteiger partial charge in [-0.3, -0.25) is 13.9 Å². The maximum absolute atomic E-state index is 12.2. The average Bonchev–Trinajstić information content (AvgIpc) is 2.96. The Kier molecular flexibility index (Phi) is 11.3. The van der Waals surface area contributed by atoms with Gasteiger partial charge in [0.1, 0.15) is 22.9 Å². The molecule has 0 aromatic heterocycles. The number of phenolic OH excluding ortho intramolecular Hbond substituents is 1. The van der Waals surface area contributed by atoms with Crippen molar-refractivity contribution in [3.8, 4) is 5.75 Å². The lowest BCUT2D eigenvalue weighted by molar-refractivity contribution is -0.147. The molecule has 4 rings (SSSR count). The van der Waals surface area contributed by atoms with Gasteiger partial charge in [0.25, 0.3) is 20.2 Å². The number of aromatic hydroxyl groups is 1. The van der Waals surface area contributed by atoms with Gasteiger partial charge in [-0.05, 0) is 41.5 Å². The van der Waals surface area contributed by atoms with Crippen molar-refractivity contribution in [2.45, 2.75) is 30.1 Å². The summed E-state index contributed by atoms with van der Waals surface area (Å²) in [7, 11) is -12.4. The van der Waals surface area contributed by atoms with Gasteiger partial charge < -0.3 is 15.2 Å². The third-order valence-corrected chi connectivity index (χ3v) is 8.18. The number of nitrogens with zero attached hydrogens (tertiary/aromatic N) is 2. The average molecular weight is 682 g/mol. The summed E-state index contributed by atoms with van der Waals surface area (Å²) in [5.74, 6) is -1.12. The lowest BCUT2D eigenvalue weighted by atomic mass is 10.1. The number of esters is 1. The normalized spacial score (nSPS) is 12.4. The molecule has 1 unspecified atom stereocenters. The highest BCUT2D eigenvalue weighted by molar-refractivity contribution is 7.86. The van der Waals surface area contributed by atoms with Gasteiger partial charge in [0.15, 0.2) is 5.75 Å². The first-order valence-corrected chi connectivity index (χ1v) is 16.8. The van der Waals surface area contributed by atoms with Crippen molar-refractivity contribution in [1.29, 1.82) is 0 Å². The molecule has 0 saturated heterocycles. The molecule has 0 spiro atoms. The number of azo groups is 1. The molecule has 0 amide bonds. The summed E-state index contributed by atoms with van der Waals surface area (Å²) < 4.78 is 98.2. The van der Waals surface area contributed by atoms with Gasteiger partial charge in [0.2, 0.25) is 0 Å². The van der Waals surface area contributed by atoms with Gasteiger partial charge in [-0.1, -0.05) is 50.2 Å². The Morgan fingerprint density at radius 2 is 1.51 bits per heavy atom. The van der Waals surface area contributed by atoms with E-state index in [0.29, 0.717) is 11.8 Å². The molecule has 0 aliphatic rings. The third-order valence-electron chi connectivity index (χ3n) is 6.40. The summed E-state index contributed by atoms with van der Waals surface area (Å²) in [6.07, 6.45) is 0.601. The Balaban J connectivity index is 0.00000130. The number of hydrogen-bond acceptors (Lipinski definition) is 13. The molecule has 0 saturated carbocycles. The molecule has 0 radical (unpaired) electrons. The molecule has 18 heteroatoms. The summed E-state index contributed by atoms with van der Waals surface area (Å²) in [4.78, 5) is 11.1. The Hall–Kier alpha value is -4.49. The van der Waals surface area contributed by atoms with Gasteiger partial charge in [0, 0.05) is 23.0 Å². The first kappa shape index (κ1) is 35.0. The predicted octanol–water partition coefficient (Wildman–Crippen LogP) is 4.60. The molecule has 45 heavy (non-hydrogen) atoms. The number of anilines is 1. The Labute approximate surface area is 259 Å². The number of carbonyl (C=O) groups excluding carboxylic acids is 1. The third kappa shape index (κ3) is 9.02. The maximum Gasteiger partial charge on any atom is 0.425 e. The molecule has 0 fully saturated rings. The van der Waals surface area contributed by atoms with Crippen LogP contribution in [0.25, 0.3) is 21.5 Å². The number of rotatable bonds is 10. The van der Waals surface area contributed by atoms with Crippen LogP contribution in [0.15, 0.2) is 80.7 Å². The fraction of sp³-hybridized carbons (Fsp3) is 0.222. The number of phenols is 1. The topological polar surface area (TPSA) is 243 Å². The van der Waals surface area contributed by atoms with Crippen LogP contribution in [0.2, 0.25) is 0 Å². The first-order chi connectivity index (χ1) is 21.0. The zero-order chi connectivity index (χ0) is 33.5. The van der Waals surface area contributed by atoms with Crippen LogP contribution in [-0.2, 0) is 40.4 Å². The van der Waals surface area contributed by atoms with Crippen LogP contribution in [0.4, 0.5) is 17.1 Å². The van der Waals surface area contributed by atoms with E-state index in [1.807, 2.05) is 6.92 Å². The van der Waals surface area contributed by atoms with E-state index in [1.165, 1.54) is 24.3 Å². The van der Waals surface area contributed by atoms with E-state index in [1.54, 1.807) is 31.2 Å². The summed E-state index contributed by atoms with van der Waals surface area (Å²) in [6.45, 7) is 3.57. The van der Waals surface area contributed by atoms with Gasteiger partial charge >= 0.3 is 16.6 Å². The van der Waals surface area contributed by atoms with Crippen molar-refractivity contribution < 1.29 is 53.2 Å². The summed E-state index contributed by atoms with van der Waals surface area (Å²) in [6, 6.07) is 14.5. The molecular weight excluding hydrogens is 655 g/mol. The number of fused-ring (bicyclic) bond motifs is 2. The van der Waals surface area contributed by atoms with Crippen LogP contribution in [0.3, 0.4) is 0 Å². The zero-order valence-electron chi connectivity index (χ0n) is 23.6. The maximum atomic E-state index is 12.2.